The molecule has 1 heterocycles. The minimum absolute atomic E-state index is 0.167. The summed E-state index contributed by atoms with van der Waals surface area (Å²) in [7, 11) is 0. The first kappa shape index (κ1) is 19.4. The summed E-state index contributed by atoms with van der Waals surface area (Å²) in [5.74, 6) is 0.299. The number of hydrogen-bond acceptors (Lipinski definition) is 6. The molecule has 3 aromatic rings. The van der Waals surface area contributed by atoms with Crippen LogP contribution in [0.3, 0.4) is 0 Å². The quantitative estimate of drug-likeness (QED) is 0.410. The lowest BCUT2D eigenvalue weighted by molar-refractivity contribution is -0.146. The van der Waals surface area contributed by atoms with Gasteiger partial charge in [-0.3, -0.25) is 4.79 Å². The average molecular weight is 397 g/mol. The number of carbonyl (C=O) groups excluding carboxylic acids is 1. The summed E-state index contributed by atoms with van der Waals surface area (Å²) in [6, 6.07) is 14.0. The molecule has 0 aliphatic carbocycles. The first-order chi connectivity index (χ1) is 13.0. The fourth-order valence-electron chi connectivity index (χ4n) is 2.78. The van der Waals surface area contributed by atoms with Crippen molar-refractivity contribution in [3.63, 3.8) is 0 Å². The number of aryl methyl sites for hydroxylation is 1. The van der Waals surface area contributed by atoms with E-state index in [1.54, 1.807) is 11.8 Å². The molecule has 0 saturated carbocycles. The van der Waals surface area contributed by atoms with Crippen LogP contribution < -0.4 is 0 Å². The van der Waals surface area contributed by atoms with Crippen molar-refractivity contribution in [1.82, 2.24) is 4.37 Å². The fourth-order valence-corrected chi connectivity index (χ4v) is 4.90. The van der Waals surface area contributed by atoms with Crippen molar-refractivity contribution in [2.45, 2.75) is 25.7 Å². The minimum Gasteiger partial charge on any atom is -0.466 e. The predicted octanol–water partition coefficient (Wildman–Crippen LogP) is 5.43. The molecule has 1 atom stereocenters. The Bertz CT molecular complexity index is 1000. The summed E-state index contributed by atoms with van der Waals surface area (Å²) in [5, 5.41) is 10.2. The number of nitrogens with zero attached hydrogens (tertiary/aromatic N) is 2. The van der Waals surface area contributed by atoms with Crippen LogP contribution in [-0.2, 0) is 9.53 Å². The molecule has 0 N–H and O–H groups in total. The third-order valence-corrected chi connectivity index (χ3v) is 6.55. The van der Waals surface area contributed by atoms with Crippen LogP contribution in [-0.4, -0.2) is 22.7 Å². The van der Waals surface area contributed by atoms with E-state index in [0.717, 1.165) is 31.8 Å². The van der Waals surface area contributed by atoms with Crippen LogP contribution in [0.1, 0.15) is 25.1 Å². The second-order valence-electron chi connectivity index (χ2n) is 6.24. The zero-order chi connectivity index (χ0) is 19.4. The van der Waals surface area contributed by atoms with Gasteiger partial charge in [0.1, 0.15) is 0 Å². The van der Waals surface area contributed by atoms with E-state index in [1.165, 1.54) is 11.5 Å². The van der Waals surface area contributed by atoms with E-state index in [9.17, 15) is 4.79 Å². The number of rotatable bonds is 6. The van der Waals surface area contributed by atoms with Crippen molar-refractivity contribution in [1.29, 1.82) is 5.26 Å². The SMILES string of the molecule is CCOC(=O)C(C)CSc1ccc2c(C)nsc2c1-c1ccc(C#N)cc1. The molecule has 0 aliphatic heterocycles. The third-order valence-electron chi connectivity index (χ3n) is 4.26. The lowest BCUT2D eigenvalue weighted by Crippen LogP contribution is -2.16. The van der Waals surface area contributed by atoms with Crippen molar-refractivity contribution in [2.75, 3.05) is 12.4 Å². The maximum absolute atomic E-state index is 11.9. The topological polar surface area (TPSA) is 63.0 Å². The largest absolute Gasteiger partial charge is 0.466 e. The highest BCUT2D eigenvalue weighted by molar-refractivity contribution is 7.99. The van der Waals surface area contributed by atoms with Gasteiger partial charge in [-0.2, -0.15) is 9.64 Å². The molecule has 0 aliphatic rings. The predicted molar refractivity (Wildman–Crippen MR) is 111 cm³/mol. The monoisotopic (exact) mass is 396 g/mol. The summed E-state index contributed by atoms with van der Waals surface area (Å²) < 4.78 is 10.8. The second kappa shape index (κ2) is 8.55. The van der Waals surface area contributed by atoms with Gasteiger partial charge < -0.3 is 4.74 Å². The molecular weight excluding hydrogens is 376 g/mol. The Morgan fingerprint density at radius 2 is 2.04 bits per heavy atom. The molecular formula is C21H20N2O2S2. The highest BCUT2D eigenvalue weighted by atomic mass is 32.2. The molecule has 0 radical (unpaired) electrons. The van der Waals surface area contributed by atoms with Crippen LogP contribution in [0.5, 0.6) is 0 Å². The Morgan fingerprint density at radius 1 is 1.30 bits per heavy atom. The van der Waals surface area contributed by atoms with Gasteiger partial charge in [0.15, 0.2) is 0 Å². The van der Waals surface area contributed by atoms with Crippen molar-refractivity contribution < 1.29 is 9.53 Å². The smallest absolute Gasteiger partial charge is 0.309 e. The molecule has 3 rings (SSSR count). The summed E-state index contributed by atoms with van der Waals surface area (Å²) in [5.41, 5.74) is 3.82. The highest BCUT2D eigenvalue weighted by Crippen LogP contribution is 2.41. The molecule has 0 fully saturated rings. The number of aromatic nitrogens is 1. The highest BCUT2D eigenvalue weighted by Gasteiger charge is 2.18. The molecule has 0 spiro atoms. The lowest BCUT2D eigenvalue weighted by atomic mass is 10.0. The van der Waals surface area contributed by atoms with Crippen LogP contribution in [0.2, 0.25) is 0 Å². The number of thioether (sulfide) groups is 1. The number of carbonyl (C=O) groups is 1. The van der Waals surface area contributed by atoms with Gasteiger partial charge in [-0.15, -0.1) is 11.8 Å². The molecule has 27 heavy (non-hydrogen) atoms. The summed E-state index contributed by atoms with van der Waals surface area (Å²) in [4.78, 5) is 13.0. The molecule has 0 bridgehead atoms. The van der Waals surface area contributed by atoms with Gasteiger partial charge in [0, 0.05) is 21.6 Å². The summed E-state index contributed by atoms with van der Waals surface area (Å²) >= 11 is 3.14. The Kier molecular flexibility index (Phi) is 6.15. The number of benzene rings is 2. The lowest BCUT2D eigenvalue weighted by Gasteiger charge is -2.14. The van der Waals surface area contributed by atoms with Crippen LogP contribution in [0, 0.1) is 24.2 Å². The van der Waals surface area contributed by atoms with Crippen molar-refractivity contribution >= 4 is 39.3 Å². The normalized spacial score (nSPS) is 11.9. The third kappa shape index (κ3) is 4.15. The second-order valence-corrected chi connectivity index (χ2v) is 8.07. The number of hydrogen-bond donors (Lipinski definition) is 0. The van der Waals surface area contributed by atoms with E-state index < -0.39 is 0 Å². The van der Waals surface area contributed by atoms with Gasteiger partial charge in [-0.1, -0.05) is 25.1 Å². The van der Waals surface area contributed by atoms with E-state index in [0.29, 0.717) is 17.9 Å². The first-order valence-corrected chi connectivity index (χ1v) is 10.5. The molecule has 6 heteroatoms. The van der Waals surface area contributed by atoms with Crippen LogP contribution in [0.15, 0.2) is 41.3 Å². The van der Waals surface area contributed by atoms with E-state index in [4.69, 9.17) is 10.00 Å². The van der Waals surface area contributed by atoms with Gasteiger partial charge in [0.25, 0.3) is 0 Å². The number of fused-ring (bicyclic) bond motifs is 1. The molecule has 1 unspecified atom stereocenters. The molecule has 4 nitrogen and oxygen atoms in total. The number of nitriles is 1. The summed E-state index contributed by atoms with van der Waals surface area (Å²) in [6.07, 6.45) is 0. The fraction of sp³-hybridized carbons (Fsp3) is 0.286. The average Bonchev–Trinajstić information content (AvgIpc) is 3.07. The molecule has 138 valence electrons. The van der Waals surface area contributed by atoms with Crippen molar-refractivity contribution in [2.24, 2.45) is 5.92 Å². The first-order valence-electron chi connectivity index (χ1n) is 8.74. The van der Waals surface area contributed by atoms with Gasteiger partial charge in [0.2, 0.25) is 0 Å². The summed E-state index contributed by atoms with van der Waals surface area (Å²) in [6.45, 7) is 6.12. The Labute approximate surface area is 167 Å². The van der Waals surface area contributed by atoms with Crippen molar-refractivity contribution in [3.8, 4) is 17.2 Å². The Morgan fingerprint density at radius 3 is 2.70 bits per heavy atom. The number of ether oxygens (including phenoxy) is 1. The van der Waals surface area contributed by atoms with E-state index in [2.05, 4.69) is 22.6 Å². The van der Waals surface area contributed by atoms with E-state index in [-0.39, 0.29) is 11.9 Å². The van der Waals surface area contributed by atoms with Gasteiger partial charge >= 0.3 is 5.97 Å². The molecule has 1 aromatic heterocycles. The standard InChI is InChI=1S/C21H20N2O2S2/c1-4-25-21(24)13(2)12-26-18-10-9-17-14(3)23-27-20(17)19(18)16-7-5-15(11-22)6-8-16/h5-10,13H,4,12H2,1-3H3. The van der Waals surface area contributed by atoms with Crippen LogP contribution in [0.4, 0.5) is 0 Å². The van der Waals surface area contributed by atoms with Gasteiger partial charge in [0.05, 0.1) is 34.6 Å². The molecule has 0 amide bonds. The molecule has 0 saturated heterocycles. The zero-order valence-electron chi connectivity index (χ0n) is 15.5. The maximum Gasteiger partial charge on any atom is 0.309 e. The van der Waals surface area contributed by atoms with E-state index in [1.807, 2.05) is 45.0 Å². The number of esters is 1. The van der Waals surface area contributed by atoms with Gasteiger partial charge in [-0.05, 0) is 49.1 Å². The zero-order valence-corrected chi connectivity index (χ0v) is 17.1. The molecule has 2 aromatic carbocycles. The van der Waals surface area contributed by atoms with Crippen molar-refractivity contribution in [3.05, 3.63) is 47.7 Å². The maximum atomic E-state index is 11.9. The van der Waals surface area contributed by atoms with Crippen LogP contribution >= 0.6 is 23.3 Å². The Balaban J connectivity index is 1.99. The van der Waals surface area contributed by atoms with Gasteiger partial charge in [-0.25, -0.2) is 0 Å². The van der Waals surface area contributed by atoms with E-state index >= 15 is 0 Å². The minimum atomic E-state index is -0.178. The Hall–Kier alpha value is -2.36. The van der Waals surface area contributed by atoms with Crippen LogP contribution in [0.25, 0.3) is 21.2 Å².